The Balaban J connectivity index is 2.31. The van der Waals surface area contributed by atoms with Crippen LogP contribution in [0.15, 0.2) is 35.4 Å². The lowest BCUT2D eigenvalue weighted by atomic mass is 10.3. The van der Waals surface area contributed by atoms with Crippen LogP contribution in [0, 0.1) is 6.92 Å². The zero-order valence-electron chi connectivity index (χ0n) is 12.7. The van der Waals surface area contributed by atoms with E-state index in [1.54, 1.807) is 24.4 Å². The maximum absolute atomic E-state index is 11.8. The Bertz CT molecular complexity index is 762. The predicted molar refractivity (Wildman–Crippen MR) is 86.9 cm³/mol. The molecule has 0 aliphatic rings. The van der Waals surface area contributed by atoms with Gasteiger partial charge >= 0.3 is 0 Å². The number of rotatable bonds is 6. The number of anilines is 3. The van der Waals surface area contributed by atoms with Gasteiger partial charge in [0, 0.05) is 24.0 Å². The van der Waals surface area contributed by atoms with E-state index in [2.05, 4.69) is 25.3 Å². The zero-order chi connectivity index (χ0) is 16.2. The molecule has 0 atom stereocenters. The van der Waals surface area contributed by atoms with Crippen molar-refractivity contribution in [3.05, 3.63) is 36.0 Å². The van der Waals surface area contributed by atoms with Gasteiger partial charge < -0.3 is 10.6 Å². The molecule has 0 radical (unpaired) electrons. The molecule has 22 heavy (non-hydrogen) atoms. The molecule has 1 heterocycles. The maximum Gasteiger partial charge on any atom is 0.240 e. The van der Waals surface area contributed by atoms with Gasteiger partial charge in [0.1, 0.15) is 5.82 Å². The molecule has 2 rings (SSSR count). The van der Waals surface area contributed by atoms with Crippen LogP contribution in [0.4, 0.5) is 17.5 Å². The van der Waals surface area contributed by atoms with Crippen LogP contribution in [0.1, 0.15) is 12.5 Å². The third-order valence-electron chi connectivity index (χ3n) is 2.98. The minimum Gasteiger partial charge on any atom is -0.354 e. The molecule has 118 valence electrons. The van der Waals surface area contributed by atoms with E-state index < -0.39 is 10.0 Å². The van der Waals surface area contributed by atoms with Crippen LogP contribution in [-0.4, -0.2) is 32.0 Å². The third kappa shape index (κ3) is 3.71. The highest BCUT2D eigenvalue weighted by molar-refractivity contribution is 7.89. The standard InChI is InChI=1S/C14H19N5O2S/c1-4-16-14-17-9-10(2)13(19-14)18-11-6-5-7-12(8-11)22(20,21)15-3/h5-9,15H,4H2,1-3H3,(H2,16,17,18,19). The fraction of sp³-hybridized carbons (Fsp3) is 0.286. The minimum absolute atomic E-state index is 0.193. The summed E-state index contributed by atoms with van der Waals surface area (Å²) in [4.78, 5) is 8.74. The Morgan fingerprint density at radius 1 is 1.27 bits per heavy atom. The van der Waals surface area contributed by atoms with E-state index >= 15 is 0 Å². The van der Waals surface area contributed by atoms with Crippen LogP contribution in [0.3, 0.4) is 0 Å². The number of nitrogens with zero attached hydrogens (tertiary/aromatic N) is 2. The van der Waals surface area contributed by atoms with Crippen LogP contribution in [0.2, 0.25) is 0 Å². The Hall–Kier alpha value is -2.19. The molecule has 0 bridgehead atoms. The molecule has 7 nitrogen and oxygen atoms in total. The molecule has 0 aliphatic carbocycles. The Morgan fingerprint density at radius 3 is 2.73 bits per heavy atom. The summed E-state index contributed by atoms with van der Waals surface area (Å²) in [7, 11) is -2.09. The predicted octanol–water partition coefficient (Wildman–Crippen LogP) is 1.87. The largest absolute Gasteiger partial charge is 0.354 e. The molecule has 0 amide bonds. The van der Waals surface area contributed by atoms with Gasteiger partial charge in [-0.3, -0.25) is 0 Å². The van der Waals surface area contributed by atoms with Gasteiger partial charge in [0.15, 0.2) is 0 Å². The van der Waals surface area contributed by atoms with Crippen molar-refractivity contribution < 1.29 is 8.42 Å². The van der Waals surface area contributed by atoms with Crippen LogP contribution in [-0.2, 0) is 10.0 Å². The van der Waals surface area contributed by atoms with Crippen molar-refractivity contribution >= 4 is 27.5 Å². The van der Waals surface area contributed by atoms with Gasteiger partial charge in [-0.2, -0.15) is 4.98 Å². The maximum atomic E-state index is 11.8. The Kier molecular flexibility index (Phi) is 4.94. The van der Waals surface area contributed by atoms with Crippen molar-refractivity contribution in [3.8, 4) is 0 Å². The molecule has 8 heteroatoms. The molecule has 0 saturated heterocycles. The van der Waals surface area contributed by atoms with Crippen molar-refractivity contribution in [2.45, 2.75) is 18.7 Å². The topological polar surface area (TPSA) is 96.0 Å². The summed E-state index contributed by atoms with van der Waals surface area (Å²) in [6.07, 6.45) is 1.71. The van der Waals surface area contributed by atoms with Gasteiger partial charge in [0.25, 0.3) is 0 Å². The number of aryl methyl sites for hydroxylation is 1. The van der Waals surface area contributed by atoms with Gasteiger partial charge in [-0.15, -0.1) is 0 Å². The molecule has 0 fully saturated rings. The van der Waals surface area contributed by atoms with Gasteiger partial charge in [-0.25, -0.2) is 18.1 Å². The van der Waals surface area contributed by atoms with E-state index in [4.69, 9.17) is 0 Å². The average Bonchev–Trinajstić information content (AvgIpc) is 2.51. The molecule has 0 saturated carbocycles. The third-order valence-corrected chi connectivity index (χ3v) is 4.39. The molecular weight excluding hydrogens is 302 g/mol. The molecule has 0 aliphatic heterocycles. The van der Waals surface area contributed by atoms with E-state index in [0.717, 1.165) is 12.1 Å². The highest BCUT2D eigenvalue weighted by atomic mass is 32.2. The SMILES string of the molecule is CCNc1ncc(C)c(Nc2cccc(S(=O)(=O)NC)c2)n1. The summed E-state index contributed by atoms with van der Waals surface area (Å²) in [6.45, 7) is 4.56. The van der Waals surface area contributed by atoms with E-state index in [-0.39, 0.29) is 4.90 Å². The fourth-order valence-corrected chi connectivity index (χ4v) is 2.58. The van der Waals surface area contributed by atoms with Crippen molar-refractivity contribution in [3.63, 3.8) is 0 Å². The Labute approximate surface area is 130 Å². The van der Waals surface area contributed by atoms with Gasteiger partial charge in [-0.05, 0) is 39.1 Å². The lowest BCUT2D eigenvalue weighted by Gasteiger charge is -2.11. The number of hydrogen-bond donors (Lipinski definition) is 3. The van der Waals surface area contributed by atoms with Crippen molar-refractivity contribution in [2.24, 2.45) is 0 Å². The molecular formula is C14H19N5O2S. The lowest BCUT2D eigenvalue weighted by Crippen LogP contribution is -2.18. The number of aromatic nitrogens is 2. The average molecular weight is 321 g/mol. The van der Waals surface area contributed by atoms with Gasteiger partial charge in [0.05, 0.1) is 4.90 Å². The first-order chi connectivity index (χ1) is 10.5. The van der Waals surface area contributed by atoms with E-state index in [1.165, 1.54) is 13.1 Å². The highest BCUT2D eigenvalue weighted by Gasteiger charge is 2.12. The fourth-order valence-electron chi connectivity index (χ4n) is 1.81. The molecule has 1 aromatic carbocycles. The number of nitrogens with one attached hydrogen (secondary N) is 3. The number of hydrogen-bond acceptors (Lipinski definition) is 6. The van der Waals surface area contributed by atoms with Crippen LogP contribution >= 0.6 is 0 Å². The molecule has 1 aromatic heterocycles. The lowest BCUT2D eigenvalue weighted by molar-refractivity contribution is 0.588. The van der Waals surface area contributed by atoms with Gasteiger partial charge in [0.2, 0.25) is 16.0 Å². The summed E-state index contributed by atoms with van der Waals surface area (Å²) in [5, 5.41) is 6.16. The monoisotopic (exact) mass is 321 g/mol. The smallest absolute Gasteiger partial charge is 0.240 e. The molecule has 3 N–H and O–H groups in total. The second kappa shape index (κ2) is 6.71. The molecule has 0 spiro atoms. The normalized spacial score (nSPS) is 11.2. The summed E-state index contributed by atoms with van der Waals surface area (Å²) in [5.41, 5.74) is 1.50. The van der Waals surface area contributed by atoms with Crippen molar-refractivity contribution in [1.82, 2.24) is 14.7 Å². The zero-order valence-corrected chi connectivity index (χ0v) is 13.5. The second-order valence-corrected chi connectivity index (χ2v) is 6.50. The van der Waals surface area contributed by atoms with Crippen molar-refractivity contribution in [1.29, 1.82) is 0 Å². The van der Waals surface area contributed by atoms with E-state index in [9.17, 15) is 8.42 Å². The summed E-state index contributed by atoms with van der Waals surface area (Å²) < 4.78 is 26.0. The second-order valence-electron chi connectivity index (χ2n) is 4.62. The van der Waals surface area contributed by atoms with E-state index in [1.807, 2.05) is 13.8 Å². The molecule has 0 unspecified atom stereocenters. The van der Waals surface area contributed by atoms with Crippen LogP contribution in [0.25, 0.3) is 0 Å². The van der Waals surface area contributed by atoms with E-state index in [0.29, 0.717) is 17.5 Å². The first-order valence-electron chi connectivity index (χ1n) is 6.84. The first-order valence-corrected chi connectivity index (χ1v) is 8.32. The van der Waals surface area contributed by atoms with Crippen LogP contribution < -0.4 is 15.4 Å². The van der Waals surface area contributed by atoms with Gasteiger partial charge in [-0.1, -0.05) is 6.07 Å². The first kappa shape index (κ1) is 16.2. The summed E-state index contributed by atoms with van der Waals surface area (Å²) >= 11 is 0. The Morgan fingerprint density at radius 2 is 2.05 bits per heavy atom. The summed E-state index contributed by atoms with van der Waals surface area (Å²) in [6, 6.07) is 6.55. The van der Waals surface area contributed by atoms with Crippen LogP contribution in [0.5, 0.6) is 0 Å². The quantitative estimate of drug-likeness (QED) is 0.751. The number of benzene rings is 1. The highest BCUT2D eigenvalue weighted by Crippen LogP contribution is 2.21. The molecule has 2 aromatic rings. The van der Waals surface area contributed by atoms with Crippen molar-refractivity contribution in [2.75, 3.05) is 24.2 Å². The summed E-state index contributed by atoms with van der Waals surface area (Å²) in [5.74, 6) is 1.15. The number of sulfonamides is 1. The minimum atomic E-state index is -3.47.